The van der Waals surface area contributed by atoms with Crippen molar-refractivity contribution < 1.29 is 19.0 Å². The van der Waals surface area contributed by atoms with Crippen molar-refractivity contribution in [2.45, 2.75) is 44.6 Å². The predicted molar refractivity (Wildman–Crippen MR) is 129 cm³/mol. The van der Waals surface area contributed by atoms with Gasteiger partial charge in [0.05, 0.1) is 0 Å². The zero-order valence-electron chi connectivity index (χ0n) is 19.2. The van der Waals surface area contributed by atoms with Crippen LogP contribution < -0.4 is 19.1 Å². The molecule has 1 saturated heterocycles. The van der Waals surface area contributed by atoms with E-state index in [9.17, 15) is 4.79 Å². The summed E-state index contributed by atoms with van der Waals surface area (Å²) in [6.07, 6.45) is 3.46. The Kier molecular flexibility index (Phi) is 5.69. The number of hydrogen-bond acceptors (Lipinski definition) is 5. The van der Waals surface area contributed by atoms with Gasteiger partial charge in [-0.05, 0) is 69.8 Å². The highest BCUT2D eigenvalue weighted by Crippen LogP contribution is 2.55. The molecule has 0 saturated carbocycles. The second-order valence-electron chi connectivity index (χ2n) is 9.73. The van der Waals surface area contributed by atoms with Crippen LogP contribution in [0.3, 0.4) is 0 Å². The molecule has 6 nitrogen and oxygen atoms in total. The van der Waals surface area contributed by atoms with E-state index < -0.39 is 5.41 Å². The summed E-state index contributed by atoms with van der Waals surface area (Å²) in [7, 11) is 0. The summed E-state index contributed by atoms with van der Waals surface area (Å²) in [6, 6.07) is 12.6. The number of amides is 1. The van der Waals surface area contributed by atoms with Crippen LogP contribution >= 0.6 is 12.4 Å². The van der Waals surface area contributed by atoms with Gasteiger partial charge in [-0.15, -0.1) is 12.4 Å². The highest BCUT2D eigenvalue weighted by atomic mass is 35.5. The van der Waals surface area contributed by atoms with Crippen LogP contribution in [-0.2, 0) is 10.2 Å². The van der Waals surface area contributed by atoms with Gasteiger partial charge in [0.2, 0.25) is 12.7 Å². The van der Waals surface area contributed by atoms with E-state index in [1.165, 1.54) is 12.8 Å². The fraction of sp³-hybridized carbons (Fsp3) is 0.500. The Balaban J connectivity index is 0.00000228. The van der Waals surface area contributed by atoms with Gasteiger partial charge in [-0.1, -0.05) is 18.2 Å². The zero-order chi connectivity index (χ0) is 21.9. The number of hydrogen-bond donors (Lipinski definition) is 0. The maximum absolute atomic E-state index is 14.0. The van der Waals surface area contributed by atoms with E-state index in [1.54, 1.807) is 0 Å². The standard InChI is InChI=1S/C26H30N2O4.ClH/c1-17(2)27-10-7-18(8-11-27)9-12-28-21-6-4-3-5-19(21)26(25(28)29)15-30-22-14-24-23(13-20(22)26)31-16-32-24;/h3-6,13-14,17-18H,7-12,15-16H2,1-2H3;1H. The largest absolute Gasteiger partial charge is 0.491 e. The summed E-state index contributed by atoms with van der Waals surface area (Å²) in [5.74, 6) is 2.89. The summed E-state index contributed by atoms with van der Waals surface area (Å²) in [5.41, 5.74) is 2.16. The predicted octanol–water partition coefficient (Wildman–Crippen LogP) is 4.37. The van der Waals surface area contributed by atoms with Gasteiger partial charge >= 0.3 is 0 Å². The molecule has 4 aliphatic heterocycles. The van der Waals surface area contributed by atoms with Gasteiger partial charge in [0.15, 0.2) is 11.5 Å². The molecule has 176 valence electrons. The number of anilines is 1. The molecule has 0 N–H and O–H groups in total. The average Bonchev–Trinajstić information content (AvgIpc) is 3.48. The molecular weight excluding hydrogens is 440 g/mol. The Morgan fingerprint density at radius 1 is 1.00 bits per heavy atom. The SMILES string of the molecule is CC(C)N1CCC(CCN2C(=O)C3(COc4cc5c(cc43)OCO5)c3ccccc32)CC1.Cl. The minimum atomic E-state index is -0.798. The molecule has 1 amide bonds. The fourth-order valence-electron chi connectivity index (χ4n) is 5.86. The lowest BCUT2D eigenvalue weighted by Crippen LogP contribution is -2.43. The van der Waals surface area contributed by atoms with Gasteiger partial charge in [0.25, 0.3) is 0 Å². The van der Waals surface area contributed by atoms with Crippen molar-refractivity contribution in [3.05, 3.63) is 47.5 Å². The monoisotopic (exact) mass is 470 g/mol. The van der Waals surface area contributed by atoms with Crippen molar-refractivity contribution in [2.75, 3.05) is 37.9 Å². The summed E-state index contributed by atoms with van der Waals surface area (Å²) >= 11 is 0. The van der Waals surface area contributed by atoms with Gasteiger partial charge in [0.1, 0.15) is 17.8 Å². The number of nitrogens with zero attached hydrogens (tertiary/aromatic N) is 2. The second-order valence-corrected chi connectivity index (χ2v) is 9.73. The van der Waals surface area contributed by atoms with Crippen LogP contribution in [0.15, 0.2) is 36.4 Å². The molecule has 0 bridgehead atoms. The first-order valence-electron chi connectivity index (χ1n) is 11.8. The average molecular weight is 471 g/mol. The van der Waals surface area contributed by atoms with Crippen LogP contribution in [0.25, 0.3) is 0 Å². The lowest BCUT2D eigenvalue weighted by Gasteiger charge is -2.35. The highest BCUT2D eigenvalue weighted by Gasteiger charge is 2.57. The zero-order valence-corrected chi connectivity index (χ0v) is 20.0. The number of fused-ring (bicyclic) bond motifs is 5. The van der Waals surface area contributed by atoms with Gasteiger partial charge in [-0.25, -0.2) is 0 Å². The molecule has 1 fully saturated rings. The van der Waals surface area contributed by atoms with Gasteiger partial charge < -0.3 is 24.0 Å². The van der Waals surface area contributed by atoms with Crippen LogP contribution in [0.5, 0.6) is 17.2 Å². The van der Waals surface area contributed by atoms with Crippen LogP contribution in [0.1, 0.15) is 44.2 Å². The molecule has 2 aromatic rings. The number of halogens is 1. The van der Waals surface area contributed by atoms with Gasteiger partial charge in [-0.2, -0.15) is 0 Å². The lowest BCUT2D eigenvalue weighted by molar-refractivity contribution is -0.122. The van der Waals surface area contributed by atoms with E-state index in [-0.39, 0.29) is 25.1 Å². The minimum absolute atomic E-state index is 0. The quantitative estimate of drug-likeness (QED) is 0.664. The topological polar surface area (TPSA) is 51.2 Å². The summed E-state index contributed by atoms with van der Waals surface area (Å²) in [6.45, 7) is 8.14. The maximum Gasteiger partial charge on any atom is 0.245 e. The second kappa shape index (κ2) is 8.41. The van der Waals surface area contributed by atoms with Crippen LogP contribution in [0.2, 0.25) is 0 Å². The van der Waals surface area contributed by atoms with E-state index >= 15 is 0 Å². The number of piperidine rings is 1. The number of ether oxygens (including phenoxy) is 3. The number of carbonyl (C=O) groups excluding carboxylic acids is 1. The van der Waals surface area contributed by atoms with Gasteiger partial charge in [0, 0.05) is 29.9 Å². The number of carbonyl (C=O) groups is 1. The summed E-state index contributed by atoms with van der Waals surface area (Å²) in [4.78, 5) is 18.6. The van der Waals surface area contributed by atoms with E-state index in [1.807, 2.05) is 29.2 Å². The number of benzene rings is 2. The summed E-state index contributed by atoms with van der Waals surface area (Å²) < 4.78 is 17.2. The molecule has 1 unspecified atom stereocenters. The van der Waals surface area contributed by atoms with E-state index in [2.05, 4.69) is 30.9 Å². The molecule has 2 aromatic carbocycles. The van der Waals surface area contributed by atoms with E-state index in [0.29, 0.717) is 30.1 Å². The third kappa shape index (κ3) is 3.38. The molecule has 33 heavy (non-hydrogen) atoms. The number of likely N-dealkylation sites (tertiary alicyclic amines) is 1. The van der Waals surface area contributed by atoms with Crippen LogP contribution in [0.4, 0.5) is 5.69 Å². The Hall–Kier alpha value is -2.44. The van der Waals surface area contributed by atoms with Gasteiger partial charge in [-0.3, -0.25) is 4.79 Å². The number of para-hydroxylation sites is 1. The first-order chi connectivity index (χ1) is 15.6. The van der Waals surface area contributed by atoms with Crippen molar-refractivity contribution in [2.24, 2.45) is 5.92 Å². The molecule has 1 spiro atoms. The van der Waals surface area contributed by atoms with E-state index in [0.717, 1.165) is 48.6 Å². The Morgan fingerprint density at radius 3 is 2.48 bits per heavy atom. The van der Waals surface area contributed by atoms with Crippen molar-refractivity contribution in [3.63, 3.8) is 0 Å². The molecule has 0 radical (unpaired) electrons. The third-order valence-corrected chi connectivity index (χ3v) is 7.78. The molecule has 7 heteroatoms. The fourth-order valence-corrected chi connectivity index (χ4v) is 5.86. The Labute approximate surface area is 201 Å². The molecule has 0 aliphatic carbocycles. The van der Waals surface area contributed by atoms with Crippen molar-refractivity contribution in [3.8, 4) is 17.2 Å². The Bertz CT molecular complexity index is 1070. The maximum atomic E-state index is 14.0. The van der Waals surface area contributed by atoms with E-state index in [4.69, 9.17) is 14.2 Å². The molecular formula is C26H31ClN2O4. The Morgan fingerprint density at radius 2 is 1.73 bits per heavy atom. The molecule has 4 aliphatic rings. The van der Waals surface area contributed by atoms with Crippen molar-refractivity contribution >= 4 is 24.0 Å². The normalized spacial score (nSPS) is 23.6. The highest BCUT2D eigenvalue weighted by molar-refractivity contribution is 6.11. The first-order valence-corrected chi connectivity index (χ1v) is 11.8. The molecule has 0 aromatic heterocycles. The number of rotatable bonds is 4. The first kappa shape index (κ1) is 22.4. The lowest BCUT2D eigenvalue weighted by atomic mass is 9.77. The van der Waals surface area contributed by atoms with Crippen LogP contribution in [-0.4, -0.2) is 49.9 Å². The van der Waals surface area contributed by atoms with Crippen molar-refractivity contribution in [1.82, 2.24) is 4.90 Å². The van der Waals surface area contributed by atoms with Crippen LogP contribution in [0, 0.1) is 5.92 Å². The smallest absolute Gasteiger partial charge is 0.245 e. The summed E-state index contributed by atoms with van der Waals surface area (Å²) in [5, 5.41) is 0. The molecule has 6 rings (SSSR count). The third-order valence-electron chi connectivity index (χ3n) is 7.78. The minimum Gasteiger partial charge on any atom is -0.491 e. The molecule has 1 atom stereocenters. The van der Waals surface area contributed by atoms with Crippen molar-refractivity contribution in [1.29, 1.82) is 0 Å². The molecule has 4 heterocycles.